The van der Waals surface area contributed by atoms with Crippen LogP contribution in [0.1, 0.15) is 50.8 Å². The molecule has 6 heteroatoms. The van der Waals surface area contributed by atoms with E-state index in [0.29, 0.717) is 6.42 Å². The lowest BCUT2D eigenvalue weighted by Gasteiger charge is -2.32. The molecule has 0 saturated carbocycles. The first kappa shape index (κ1) is 19.7. The molecule has 0 saturated heterocycles. The Hall–Kier alpha value is -2.63. The number of amides is 2. The van der Waals surface area contributed by atoms with Crippen LogP contribution >= 0.6 is 0 Å². The highest BCUT2D eigenvalue weighted by molar-refractivity contribution is 5.82. The van der Waals surface area contributed by atoms with Gasteiger partial charge in [0.25, 0.3) is 0 Å². The number of carbonyl (C=O) groups is 3. The van der Waals surface area contributed by atoms with Gasteiger partial charge in [-0.25, -0.2) is 0 Å². The Labute approximate surface area is 153 Å². The first-order valence-corrected chi connectivity index (χ1v) is 8.85. The first-order chi connectivity index (χ1) is 12.3. The fraction of sp³-hybridized carbons (Fsp3) is 0.450. The van der Waals surface area contributed by atoms with Crippen molar-refractivity contribution in [3.05, 3.63) is 41.6 Å². The number of rotatable bonds is 7. The van der Waals surface area contributed by atoms with E-state index in [2.05, 4.69) is 5.32 Å². The Bertz CT molecular complexity index is 712. The Balaban J connectivity index is 2.07. The normalized spacial score (nSPS) is 16.9. The molecule has 1 aliphatic rings. The lowest BCUT2D eigenvalue weighted by Crippen LogP contribution is -2.38. The number of aliphatic carboxylic acids is 1. The molecule has 2 N–H and O–H groups in total. The minimum absolute atomic E-state index is 0.0922. The van der Waals surface area contributed by atoms with Gasteiger partial charge in [0.05, 0.1) is 18.4 Å². The van der Waals surface area contributed by atoms with Crippen molar-refractivity contribution in [1.82, 2.24) is 10.2 Å². The molecule has 1 aliphatic heterocycles. The molecule has 2 atom stereocenters. The molecular weight excluding hydrogens is 332 g/mol. The van der Waals surface area contributed by atoms with Crippen molar-refractivity contribution in [3.8, 4) is 0 Å². The van der Waals surface area contributed by atoms with E-state index < -0.39 is 11.9 Å². The van der Waals surface area contributed by atoms with Crippen molar-refractivity contribution >= 4 is 23.9 Å². The summed E-state index contributed by atoms with van der Waals surface area (Å²) in [5.41, 5.74) is 1.89. The lowest BCUT2D eigenvalue weighted by molar-refractivity contribution is -0.142. The van der Waals surface area contributed by atoms with Gasteiger partial charge in [-0.15, -0.1) is 0 Å². The van der Waals surface area contributed by atoms with Crippen LogP contribution in [-0.4, -0.2) is 34.3 Å². The van der Waals surface area contributed by atoms with Gasteiger partial charge in [0.15, 0.2) is 0 Å². The SMILES string of the molecule is CC(=O)N1C=Cc2ccccc2[C@@H]1CC(=O)NC[C@H](CC(C)C)C(=O)O. The van der Waals surface area contributed by atoms with Gasteiger partial charge in [0.1, 0.15) is 0 Å². The maximum Gasteiger partial charge on any atom is 0.308 e. The Morgan fingerprint density at radius 3 is 2.54 bits per heavy atom. The number of carbonyl (C=O) groups excluding carboxylic acids is 2. The number of fused-ring (bicyclic) bond motifs is 1. The molecule has 0 aromatic heterocycles. The molecule has 2 amide bonds. The summed E-state index contributed by atoms with van der Waals surface area (Å²) in [7, 11) is 0. The Kier molecular flexibility index (Phi) is 6.55. The van der Waals surface area contributed by atoms with Crippen LogP contribution < -0.4 is 5.32 Å². The molecule has 1 heterocycles. The van der Waals surface area contributed by atoms with Gasteiger partial charge >= 0.3 is 5.97 Å². The van der Waals surface area contributed by atoms with E-state index in [1.54, 1.807) is 11.1 Å². The number of benzene rings is 1. The zero-order valence-electron chi connectivity index (χ0n) is 15.4. The van der Waals surface area contributed by atoms with Gasteiger partial charge in [-0.1, -0.05) is 38.1 Å². The van der Waals surface area contributed by atoms with Crippen LogP contribution in [0.4, 0.5) is 0 Å². The van der Waals surface area contributed by atoms with E-state index in [0.717, 1.165) is 11.1 Å². The second-order valence-corrected chi connectivity index (χ2v) is 7.06. The predicted octanol–water partition coefficient (Wildman–Crippen LogP) is 2.81. The standard InChI is InChI=1S/C20H26N2O4/c1-13(2)10-16(20(25)26)12-21-19(24)11-18-17-7-5-4-6-15(17)8-9-22(18)14(3)23/h4-9,13,16,18H,10-12H2,1-3H3,(H,21,24)(H,25,26)/t16-,18-/m0/s1. The topological polar surface area (TPSA) is 86.7 Å². The fourth-order valence-corrected chi connectivity index (χ4v) is 3.24. The van der Waals surface area contributed by atoms with Crippen LogP contribution in [0.25, 0.3) is 6.08 Å². The summed E-state index contributed by atoms with van der Waals surface area (Å²) in [6, 6.07) is 7.25. The summed E-state index contributed by atoms with van der Waals surface area (Å²) in [5, 5.41) is 12.0. The molecule has 1 aromatic carbocycles. The van der Waals surface area contributed by atoms with Crippen molar-refractivity contribution in [2.45, 2.75) is 39.7 Å². The largest absolute Gasteiger partial charge is 0.481 e. The molecule has 6 nitrogen and oxygen atoms in total. The number of nitrogens with one attached hydrogen (secondary N) is 1. The van der Waals surface area contributed by atoms with Crippen molar-refractivity contribution < 1.29 is 19.5 Å². The zero-order chi connectivity index (χ0) is 19.3. The van der Waals surface area contributed by atoms with Crippen LogP contribution in [0.2, 0.25) is 0 Å². The summed E-state index contributed by atoms with van der Waals surface area (Å²) in [6.45, 7) is 5.46. The minimum atomic E-state index is -0.907. The summed E-state index contributed by atoms with van der Waals surface area (Å²) < 4.78 is 0. The van der Waals surface area contributed by atoms with E-state index in [1.807, 2.05) is 44.2 Å². The zero-order valence-corrected chi connectivity index (χ0v) is 15.4. The lowest BCUT2D eigenvalue weighted by atomic mass is 9.93. The van der Waals surface area contributed by atoms with E-state index in [1.165, 1.54) is 6.92 Å². The van der Waals surface area contributed by atoms with Crippen LogP contribution in [0, 0.1) is 11.8 Å². The summed E-state index contributed by atoms with van der Waals surface area (Å²) in [5.74, 6) is -1.69. The third kappa shape index (κ3) is 4.94. The fourth-order valence-electron chi connectivity index (χ4n) is 3.24. The average molecular weight is 358 g/mol. The summed E-state index contributed by atoms with van der Waals surface area (Å²) >= 11 is 0. The highest BCUT2D eigenvalue weighted by atomic mass is 16.4. The Morgan fingerprint density at radius 1 is 1.23 bits per heavy atom. The molecule has 0 aliphatic carbocycles. The van der Waals surface area contributed by atoms with E-state index in [-0.39, 0.29) is 36.7 Å². The third-order valence-corrected chi connectivity index (χ3v) is 4.50. The van der Waals surface area contributed by atoms with Crippen molar-refractivity contribution in [2.24, 2.45) is 11.8 Å². The molecule has 0 radical (unpaired) electrons. The molecule has 1 aromatic rings. The van der Waals surface area contributed by atoms with Gasteiger partial charge in [0.2, 0.25) is 11.8 Å². The molecule has 2 rings (SSSR count). The maximum absolute atomic E-state index is 12.4. The second-order valence-electron chi connectivity index (χ2n) is 7.06. The molecule has 140 valence electrons. The number of carboxylic acid groups (broad SMARTS) is 1. The first-order valence-electron chi connectivity index (χ1n) is 8.85. The van der Waals surface area contributed by atoms with Crippen molar-refractivity contribution in [2.75, 3.05) is 6.54 Å². The number of hydrogen-bond donors (Lipinski definition) is 2. The highest BCUT2D eigenvalue weighted by Gasteiger charge is 2.28. The number of nitrogens with zero attached hydrogens (tertiary/aromatic N) is 1. The predicted molar refractivity (Wildman–Crippen MR) is 98.9 cm³/mol. The van der Waals surface area contributed by atoms with Gasteiger partial charge in [0, 0.05) is 19.7 Å². The van der Waals surface area contributed by atoms with Crippen molar-refractivity contribution in [1.29, 1.82) is 0 Å². The second kappa shape index (κ2) is 8.65. The molecule has 0 spiro atoms. The average Bonchev–Trinajstić information content (AvgIpc) is 2.58. The van der Waals surface area contributed by atoms with E-state index >= 15 is 0 Å². The van der Waals surface area contributed by atoms with Gasteiger partial charge < -0.3 is 15.3 Å². The smallest absolute Gasteiger partial charge is 0.308 e. The third-order valence-electron chi connectivity index (χ3n) is 4.50. The van der Waals surface area contributed by atoms with Crippen LogP contribution in [0.15, 0.2) is 30.5 Å². The number of hydrogen-bond acceptors (Lipinski definition) is 3. The van der Waals surface area contributed by atoms with Crippen LogP contribution in [-0.2, 0) is 14.4 Å². The van der Waals surface area contributed by atoms with Crippen LogP contribution in [0.3, 0.4) is 0 Å². The summed E-state index contributed by atoms with van der Waals surface area (Å²) in [6.07, 6.45) is 4.15. The minimum Gasteiger partial charge on any atom is -0.481 e. The molecular formula is C20H26N2O4. The summed E-state index contributed by atoms with van der Waals surface area (Å²) in [4.78, 5) is 37.3. The molecule has 0 fully saturated rings. The monoisotopic (exact) mass is 358 g/mol. The molecule has 0 bridgehead atoms. The van der Waals surface area contributed by atoms with Crippen molar-refractivity contribution in [3.63, 3.8) is 0 Å². The quantitative estimate of drug-likeness (QED) is 0.785. The molecule has 26 heavy (non-hydrogen) atoms. The van der Waals surface area contributed by atoms with Crippen LogP contribution in [0.5, 0.6) is 0 Å². The Morgan fingerprint density at radius 2 is 1.92 bits per heavy atom. The van der Waals surface area contributed by atoms with Gasteiger partial charge in [-0.2, -0.15) is 0 Å². The maximum atomic E-state index is 12.4. The van der Waals surface area contributed by atoms with Gasteiger partial charge in [-0.3, -0.25) is 14.4 Å². The van der Waals surface area contributed by atoms with E-state index in [4.69, 9.17) is 0 Å². The molecule has 0 unspecified atom stereocenters. The number of carboxylic acids is 1. The highest BCUT2D eigenvalue weighted by Crippen LogP contribution is 2.32. The van der Waals surface area contributed by atoms with E-state index in [9.17, 15) is 19.5 Å². The van der Waals surface area contributed by atoms with Gasteiger partial charge in [-0.05, 0) is 29.5 Å².